The molecule has 7 heteroatoms. The number of hydrogen-bond donors (Lipinski definition) is 0. The first-order valence-electron chi connectivity index (χ1n) is 8.76. The van der Waals surface area contributed by atoms with Crippen molar-refractivity contribution < 1.29 is 23.8 Å². The summed E-state index contributed by atoms with van der Waals surface area (Å²) in [4.78, 5) is 28.0. The summed E-state index contributed by atoms with van der Waals surface area (Å²) in [5.74, 6) is 0.126. The Morgan fingerprint density at radius 3 is 2.57 bits per heavy atom. The summed E-state index contributed by atoms with van der Waals surface area (Å²) in [6, 6.07) is 12.3. The quantitative estimate of drug-likeness (QED) is 0.373. The van der Waals surface area contributed by atoms with E-state index < -0.39 is 5.97 Å². The Morgan fingerprint density at radius 1 is 1.14 bits per heavy atom. The molecule has 144 valence electrons. The highest BCUT2D eigenvalue weighted by atomic mass is 79.9. The molecule has 2 aromatic rings. The smallest absolute Gasteiger partial charge is 0.363 e. The maximum absolute atomic E-state index is 12.2. The molecule has 1 aliphatic heterocycles. The van der Waals surface area contributed by atoms with E-state index in [2.05, 4.69) is 20.9 Å². The predicted molar refractivity (Wildman–Crippen MR) is 108 cm³/mol. The number of hydrogen-bond acceptors (Lipinski definition) is 6. The first kappa shape index (κ1) is 19.8. The molecular weight excluding hydrogens is 426 g/mol. The van der Waals surface area contributed by atoms with Crippen LogP contribution in [0.25, 0.3) is 6.08 Å². The molecule has 0 fully saturated rings. The molecule has 1 heterocycles. The van der Waals surface area contributed by atoms with Gasteiger partial charge in [0, 0.05) is 16.5 Å². The van der Waals surface area contributed by atoms with Gasteiger partial charge in [-0.3, -0.25) is 4.79 Å². The van der Waals surface area contributed by atoms with Crippen LogP contribution >= 0.6 is 15.9 Å². The van der Waals surface area contributed by atoms with E-state index >= 15 is 0 Å². The summed E-state index contributed by atoms with van der Waals surface area (Å²) in [7, 11) is 0. The van der Waals surface area contributed by atoms with Gasteiger partial charge in [-0.2, -0.15) is 0 Å². The highest BCUT2D eigenvalue weighted by molar-refractivity contribution is 9.10. The fourth-order valence-corrected chi connectivity index (χ4v) is 2.71. The lowest BCUT2D eigenvalue weighted by atomic mass is 10.1. The maximum atomic E-state index is 12.2. The fraction of sp³-hybridized carbons (Fsp3) is 0.190. The van der Waals surface area contributed by atoms with Gasteiger partial charge in [0.15, 0.2) is 17.2 Å². The first-order valence-corrected chi connectivity index (χ1v) is 9.55. The molecule has 0 atom stereocenters. The molecule has 28 heavy (non-hydrogen) atoms. The van der Waals surface area contributed by atoms with Crippen molar-refractivity contribution in [1.29, 1.82) is 0 Å². The van der Waals surface area contributed by atoms with Crippen molar-refractivity contribution in [3.05, 3.63) is 63.8 Å². The third-order valence-electron chi connectivity index (χ3n) is 3.80. The summed E-state index contributed by atoms with van der Waals surface area (Å²) in [5.41, 5.74) is 1.56. The number of nitrogens with zero attached hydrogens (tertiary/aromatic N) is 1. The summed E-state index contributed by atoms with van der Waals surface area (Å²) < 4.78 is 17.0. The van der Waals surface area contributed by atoms with Gasteiger partial charge >= 0.3 is 11.9 Å². The molecule has 0 saturated heterocycles. The average molecular weight is 444 g/mol. The van der Waals surface area contributed by atoms with E-state index in [0.29, 0.717) is 29.2 Å². The Kier molecular flexibility index (Phi) is 6.26. The molecule has 0 unspecified atom stereocenters. The molecule has 6 nitrogen and oxygen atoms in total. The van der Waals surface area contributed by atoms with Crippen molar-refractivity contribution in [2.75, 3.05) is 6.61 Å². The van der Waals surface area contributed by atoms with E-state index in [1.807, 2.05) is 31.2 Å². The van der Waals surface area contributed by atoms with E-state index in [1.54, 1.807) is 31.2 Å². The molecule has 0 saturated carbocycles. The molecule has 0 radical (unpaired) electrons. The topological polar surface area (TPSA) is 74.2 Å². The number of carbonyl (C=O) groups excluding carboxylic acids is 2. The Labute approximate surface area is 171 Å². The van der Waals surface area contributed by atoms with Gasteiger partial charge < -0.3 is 14.2 Å². The summed E-state index contributed by atoms with van der Waals surface area (Å²) >= 11 is 3.36. The van der Waals surface area contributed by atoms with Crippen LogP contribution in [0.5, 0.6) is 11.5 Å². The van der Waals surface area contributed by atoms with E-state index in [1.165, 1.54) is 0 Å². The number of cyclic esters (lactones) is 1. The lowest BCUT2D eigenvalue weighted by Crippen LogP contribution is -2.07. The van der Waals surface area contributed by atoms with Crippen LogP contribution in [-0.2, 0) is 14.3 Å². The molecule has 0 aromatic heterocycles. The monoisotopic (exact) mass is 443 g/mol. The molecule has 0 N–H and O–H groups in total. The number of benzene rings is 2. The Morgan fingerprint density at radius 2 is 1.89 bits per heavy atom. The van der Waals surface area contributed by atoms with Crippen LogP contribution in [0.1, 0.15) is 31.4 Å². The zero-order valence-electron chi connectivity index (χ0n) is 15.4. The standard InChI is InChI=1S/C21H18BrNO5/c1-3-19(24)27-17-10-5-13(12-18(17)26-4-2)11-16-21(25)28-20(23-16)14-6-8-15(22)9-7-14/h5-12H,3-4H2,1-2H3/b16-11+. The van der Waals surface area contributed by atoms with Gasteiger partial charge in [-0.1, -0.05) is 28.9 Å². The number of ether oxygens (including phenoxy) is 3. The highest BCUT2D eigenvalue weighted by Crippen LogP contribution is 2.30. The molecule has 0 bridgehead atoms. The molecular formula is C21H18BrNO5. The zero-order valence-corrected chi connectivity index (χ0v) is 17.0. The van der Waals surface area contributed by atoms with Crippen molar-refractivity contribution >= 4 is 39.8 Å². The molecule has 1 aliphatic rings. The summed E-state index contributed by atoms with van der Waals surface area (Å²) in [6.45, 7) is 3.96. The minimum absolute atomic E-state index is 0.179. The van der Waals surface area contributed by atoms with Crippen LogP contribution < -0.4 is 9.47 Å². The Hall–Kier alpha value is -2.93. The van der Waals surface area contributed by atoms with Crippen LogP contribution in [0.3, 0.4) is 0 Å². The molecule has 0 spiro atoms. The molecule has 2 aromatic carbocycles. The number of rotatable bonds is 6. The number of aliphatic imine (C=N–C) groups is 1. The third-order valence-corrected chi connectivity index (χ3v) is 4.32. The van der Waals surface area contributed by atoms with Gasteiger partial charge in [-0.15, -0.1) is 0 Å². The number of carbonyl (C=O) groups is 2. The number of halogens is 1. The Balaban J connectivity index is 1.89. The molecule has 0 amide bonds. The van der Waals surface area contributed by atoms with E-state index in [9.17, 15) is 9.59 Å². The van der Waals surface area contributed by atoms with Gasteiger partial charge in [-0.05, 0) is 55.0 Å². The van der Waals surface area contributed by atoms with Crippen LogP contribution in [0, 0.1) is 0 Å². The first-order chi connectivity index (χ1) is 13.5. The highest BCUT2D eigenvalue weighted by Gasteiger charge is 2.24. The van der Waals surface area contributed by atoms with Crippen molar-refractivity contribution in [2.45, 2.75) is 20.3 Å². The van der Waals surface area contributed by atoms with Crippen molar-refractivity contribution in [3.63, 3.8) is 0 Å². The van der Waals surface area contributed by atoms with Crippen molar-refractivity contribution in [3.8, 4) is 11.5 Å². The van der Waals surface area contributed by atoms with Gasteiger partial charge in [0.25, 0.3) is 0 Å². The average Bonchev–Trinajstić information content (AvgIpc) is 3.05. The summed E-state index contributed by atoms with van der Waals surface area (Å²) in [6.07, 6.45) is 1.86. The van der Waals surface area contributed by atoms with E-state index in [4.69, 9.17) is 14.2 Å². The van der Waals surface area contributed by atoms with Crippen LogP contribution in [0.15, 0.2) is 57.6 Å². The lowest BCUT2D eigenvalue weighted by molar-refractivity contribution is -0.134. The van der Waals surface area contributed by atoms with Gasteiger partial charge in [0.2, 0.25) is 5.90 Å². The van der Waals surface area contributed by atoms with Crippen LogP contribution in [0.4, 0.5) is 0 Å². The van der Waals surface area contributed by atoms with Crippen LogP contribution in [0.2, 0.25) is 0 Å². The minimum Gasteiger partial charge on any atom is -0.490 e. The Bertz CT molecular complexity index is 963. The molecule has 3 rings (SSSR count). The molecule has 0 aliphatic carbocycles. The summed E-state index contributed by atoms with van der Waals surface area (Å²) in [5, 5.41) is 0. The normalized spacial score (nSPS) is 14.6. The minimum atomic E-state index is -0.530. The maximum Gasteiger partial charge on any atom is 0.363 e. The van der Waals surface area contributed by atoms with Gasteiger partial charge in [-0.25, -0.2) is 9.79 Å². The number of esters is 2. The largest absolute Gasteiger partial charge is 0.490 e. The van der Waals surface area contributed by atoms with Gasteiger partial charge in [0.05, 0.1) is 6.61 Å². The predicted octanol–water partition coefficient (Wildman–Crippen LogP) is 4.51. The zero-order chi connectivity index (χ0) is 20.1. The van der Waals surface area contributed by atoms with E-state index in [0.717, 1.165) is 4.47 Å². The lowest BCUT2D eigenvalue weighted by Gasteiger charge is -2.10. The SMILES string of the molecule is CCOc1cc(/C=C2/N=C(c3ccc(Br)cc3)OC2=O)ccc1OC(=O)CC. The van der Waals surface area contributed by atoms with Gasteiger partial charge in [0.1, 0.15) is 0 Å². The third kappa shape index (κ3) is 4.67. The van der Waals surface area contributed by atoms with Crippen LogP contribution in [-0.4, -0.2) is 24.4 Å². The fourth-order valence-electron chi connectivity index (χ4n) is 2.44. The second-order valence-corrected chi connectivity index (χ2v) is 6.73. The van der Waals surface area contributed by atoms with E-state index in [-0.39, 0.29) is 24.0 Å². The van der Waals surface area contributed by atoms with Crippen molar-refractivity contribution in [2.24, 2.45) is 4.99 Å². The second-order valence-electron chi connectivity index (χ2n) is 5.81. The second kappa shape index (κ2) is 8.84. The van der Waals surface area contributed by atoms with Crippen molar-refractivity contribution in [1.82, 2.24) is 0 Å².